The molecule has 3 aromatic heterocycles. The van der Waals surface area contributed by atoms with Crippen LogP contribution in [-0.2, 0) is 16.0 Å². The van der Waals surface area contributed by atoms with Crippen molar-refractivity contribution in [1.29, 1.82) is 0 Å². The summed E-state index contributed by atoms with van der Waals surface area (Å²) in [6.45, 7) is 11.2. The van der Waals surface area contributed by atoms with E-state index in [1.54, 1.807) is 20.8 Å². The Balaban J connectivity index is 1.91. The molecule has 0 aliphatic rings. The average Bonchev–Trinajstić information content (AvgIpc) is 3.27. The Morgan fingerprint density at radius 3 is 2.53 bits per heavy atom. The number of esters is 1. The van der Waals surface area contributed by atoms with Gasteiger partial charge >= 0.3 is 5.97 Å². The first-order chi connectivity index (χ1) is 15.1. The number of amides is 1. The van der Waals surface area contributed by atoms with Crippen LogP contribution in [0.4, 0.5) is 5.13 Å². The first-order valence-electron chi connectivity index (χ1n) is 10.5. The summed E-state index contributed by atoms with van der Waals surface area (Å²) in [4.78, 5) is 43.7. The van der Waals surface area contributed by atoms with Crippen molar-refractivity contribution in [3.05, 3.63) is 32.1 Å². The zero-order chi connectivity index (χ0) is 23.6. The van der Waals surface area contributed by atoms with E-state index in [2.05, 4.69) is 34.3 Å². The number of aromatic nitrogens is 4. The van der Waals surface area contributed by atoms with Gasteiger partial charge in [-0.25, -0.2) is 9.78 Å². The van der Waals surface area contributed by atoms with E-state index in [0.717, 1.165) is 22.8 Å². The third-order valence-corrected chi connectivity index (χ3v) is 6.75. The van der Waals surface area contributed by atoms with Gasteiger partial charge in [-0.05, 0) is 38.7 Å². The molecule has 0 radical (unpaired) electrons. The van der Waals surface area contributed by atoms with Gasteiger partial charge in [0.05, 0.1) is 17.8 Å². The molecule has 0 bridgehead atoms. The Morgan fingerprint density at radius 2 is 1.91 bits per heavy atom. The lowest BCUT2D eigenvalue weighted by Gasteiger charge is -2.16. The minimum atomic E-state index is -0.776. The van der Waals surface area contributed by atoms with Crippen molar-refractivity contribution < 1.29 is 14.3 Å². The van der Waals surface area contributed by atoms with Crippen LogP contribution in [0, 0.1) is 12.8 Å². The molecule has 3 heterocycles. The molecule has 9 nitrogen and oxygen atoms in total. The number of carbonyl (C=O) groups is 2. The lowest BCUT2D eigenvalue weighted by atomic mass is 10.1. The Kier molecular flexibility index (Phi) is 7.40. The average molecular weight is 478 g/mol. The molecule has 11 heteroatoms. The van der Waals surface area contributed by atoms with E-state index >= 15 is 0 Å². The maximum atomic E-state index is 13.3. The van der Waals surface area contributed by atoms with Crippen molar-refractivity contribution in [2.45, 2.75) is 66.5 Å². The molecule has 1 N–H and O–H groups in total. The highest BCUT2D eigenvalue weighted by Crippen LogP contribution is 2.28. The Bertz CT molecular complexity index is 1190. The van der Waals surface area contributed by atoms with Crippen molar-refractivity contribution in [2.24, 2.45) is 5.92 Å². The summed E-state index contributed by atoms with van der Waals surface area (Å²) in [5, 5.41) is 12.5. The second-order valence-electron chi connectivity index (χ2n) is 8.16. The fraction of sp³-hybridized carbons (Fsp3) is 0.524. The first kappa shape index (κ1) is 24.0. The molecule has 1 unspecified atom stereocenters. The number of nitrogens with zero attached hydrogens (tertiary/aromatic N) is 4. The van der Waals surface area contributed by atoms with E-state index in [0.29, 0.717) is 38.1 Å². The van der Waals surface area contributed by atoms with Gasteiger partial charge in [-0.2, -0.15) is 0 Å². The standard InChI is InChI=1S/C21H27N5O4S2/c1-7-13(17(27)23-21-25-24-14(31-21)8-10(2)3)26-9-22-18-15(19(26)28)12(6)16(32-18)20(29)30-11(4)5/h9-11,13H,7-8H2,1-6H3,(H,23,25,27). The van der Waals surface area contributed by atoms with E-state index in [9.17, 15) is 14.4 Å². The number of hydrogen-bond acceptors (Lipinski definition) is 9. The van der Waals surface area contributed by atoms with Gasteiger partial charge in [0.2, 0.25) is 11.0 Å². The molecule has 0 aromatic carbocycles. The van der Waals surface area contributed by atoms with Crippen LogP contribution in [0.25, 0.3) is 10.2 Å². The van der Waals surface area contributed by atoms with Gasteiger partial charge in [0, 0.05) is 6.42 Å². The number of ether oxygens (including phenoxy) is 1. The second-order valence-corrected chi connectivity index (χ2v) is 10.2. The predicted molar refractivity (Wildman–Crippen MR) is 126 cm³/mol. The van der Waals surface area contributed by atoms with E-state index in [-0.39, 0.29) is 17.6 Å². The molecule has 0 fully saturated rings. The van der Waals surface area contributed by atoms with Crippen LogP contribution in [0.1, 0.15) is 67.3 Å². The largest absolute Gasteiger partial charge is 0.459 e. The molecular weight excluding hydrogens is 450 g/mol. The maximum Gasteiger partial charge on any atom is 0.348 e. The molecule has 0 aliphatic carbocycles. The number of carbonyl (C=O) groups excluding carboxylic acids is 2. The van der Waals surface area contributed by atoms with E-state index in [1.165, 1.54) is 22.2 Å². The zero-order valence-corrected chi connectivity index (χ0v) is 20.6. The lowest BCUT2D eigenvalue weighted by Crippen LogP contribution is -2.33. The lowest BCUT2D eigenvalue weighted by molar-refractivity contribution is -0.119. The molecule has 3 rings (SSSR count). The van der Waals surface area contributed by atoms with Gasteiger partial charge in [-0.15, -0.1) is 21.5 Å². The maximum absolute atomic E-state index is 13.3. The van der Waals surface area contributed by atoms with E-state index in [4.69, 9.17) is 4.74 Å². The monoisotopic (exact) mass is 477 g/mol. The quantitative estimate of drug-likeness (QED) is 0.488. The predicted octanol–water partition coefficient (Wildman–Crippen LogP) is 3.97. The highest BCUT2D eigenvalue weighted by atomic mass is 32.1. The Hall–Kier alpha value is -2.66. The second kappa shape index (κ2) is 9.86. The Labute approximate surface area is 193 Å². The number of anilines is 1. The fourth-order valence-corrected chi connectivity index (χ4v) is 5.23. The fourth-order valence-electron chi connectivity index (χ4n) is 3.25. The minimum absolute atomic E-state index is 0.272. The topological polar surface area (TPSA) is 116 Å². The van der Waals surface area contributed by atoms with E-state index in [1.807, 2.05) is 6.92 Å². The van der Waals surface area contributed by atoms with Gasteiger partial charge in [0.25, 0.3) is 5.56 Å². The molecule has 172 valence electrons. The molecule has 0 spiro atoms. The molecular formula is C21H27N5O4S2. The summed E-state index contributed by atoms with van der Waals surface area (Å²) in [6.07, 6.45) is 2.24. The zero-order valence-electron chi connectivity index (χ0n) is 19.0. The van der Waals surface area contributed by atoms with Crippen LogP contribution >= 0.6 is 22.7 Å². The van der Waals surface area contributed by atoms with Crippen molar-refractivity contribution >= 4 is 49.9 Å². The number of aryl methyl sites for hydroxylation is 1. The number of rotatable bonds is 8. The Morgan fingerprint density at radius 1 is 1.19 bits per heavy atom. The highest BCUT2D eigenvalue weighted by molar-refractivity contribution is 7.20. The molecule has 3 aromatic rings. The third-order valence-electron chi connectivity index (χ3n) is 4.71. The summed E-state index contributed by atoms with van der Waals surface area (Å²) < 4.78 is 6.59. The van der Waals surface area contributed by atoms with Gasteiger partial charge in [0.15, 0.2) is 0 Å². The number of thiophene rings is 1. The molecule has 32 heavy (non-hydrogen) atoms. The third kappa shape index (κ3) is 5.04. The van der Waals surface area contributed by atoms with Crippen LogP contribution in [0.2, 0.25) is 0 Å². The van der Waals surface area contributed by atoms with Crippen molar-refractivity contribution in [1.82, 2.24) is 19.7 Å². The minimum Gasteiger partial charge on any atom is -0.459 e. The van der Waals surface area contributed by atoms with Gasteiger partial charge < -0.3 is 4.74 Å². The molecule has 0 saturated heterocycles. The summed E-state index contributed by atoms with van der Waals surface area (Å²) in [7, 11) is 0. The van der Waals surface area contributed by atoms with Crippen LogP contribution in [0.3, 0.4) is 0 Å². The van der Waals surface area contributed by atoms with Crippen LogP contribution in [0.15, 0.2) is 11.1 Å². The summed E-state index contributed by atoms with van der Waals surface area (Å²) in [5.41, 5.74) is 0.146. The summed E-state index contributed by atoms with van der Waals surface area (Å²) in [6, 6.07) is -0.776. The summed E-state index contributed by atoms with van der Waals surface area (Å²) in [5.74, 6) is -0.414. The van der Waals surface area contributed by atoms with Crippen molar-refractivity contribution in [2.75, 3.05) is 5.32 Å². The number of nitrogens with one attached hydrogen (secondary N) is 1. The van der Waals surface area contributed by atoms with Crippen LogP contribution in [-0.4, -0.2) is 37.7 Å². The molecule has 1 amide bonds. The first-order valence-corrected chi connectivity index (χ1v) is 12.1. The van der Waals surface area contributed by atoms with E-state index < -0.39 is 12.0 Å². The molecule has 0 aliphatic heterocycles. The molecule has 0 saturated carbocycles. The van der Waals surface area contributed by atoms with Crippen molar-refractivity contribution in [3.8, 4) is 0 Å². The normalized spacial score (nSPS) is 12.5. The number of fused-ring (bicyclic) bond motifs is 1. The highest BCUT2D eigenvalue weighted by Gasteiger charge is 2.26. The number of hydrogen-bond donors (Lipinski definition) is 1. The molecule has 1 atom stereocenters. The summed E-state index contributed by atoms with van der Waals surface area (Å²) >= 11 is 2.44. The van der Waals surface area contributed by atoms with Crippen LogP contribution in [0.5, 0.6) is 0 Å². The SMILES string of the molecule is CCC(C(=O)Nc1nnc(CC(C)C)s1)n1cnc2sc(C(=O)OC(C)C)c(C)c2c1=O. The van der Waals surface area contributed by atoms with Gasteiger partial charge in [-0.3, -0.25) is 19.5 Å². The van der Waals surface area contributed by atoms with Gasteiger partial charge in [0.1, 0.15) is 20.8 Å². The van der Waals surface area contributed by atoms with Gasteiger partial charge in [-0.1, -0.05) is 32.1 Å². The van der Waals surface area contributed by atoms with Crippen molar-refractivity contribution in [3.63, 3.8) is 0 Å². The smallest absolute Gasteiger partial charge is 0.348 e. The van der Waals surface area contributed by atoms with Crippen LogP contribution < -0.4 is 10.9 Å².